The lowest BCUT2D eigenvalue weighted by Gasteiger charge is -2.25. The zero-order chi connectivity index (χ0) is 18.8. The van der Waals surface area contributed by atoms with Gasteiger partial charge in [0.05, 0.1) is 11.7 Å². The maximum absolute atomic E-state index is 12.5. The number of carbonyl (C=O) groups excluding carboxylic acids is 2. The lowest BCUT2D eigenvalue weighted by Crippen LogP contribution is -2.36. The monoisotopic (exact) mass is 375 g/mol. The summed E-state index contributed by atoms with van der Waals surface area (Å²) in [7, 11) is 1.80. The number of nitrogens with zero attached hydrogens (tertiary/aromatic N) is 3. The first-order valence-corrected chi connectivity index (χ1v) is 9.84. The molecule has 7 nitrogen and oxygen atoms in total. The standard InChI is InChI=1S/C18H25N5O2S/c1-10(2)13-8-15(23(4)22-13)21-17(25)14-9-26-18(20-14)11(3)19-16(24)12-6-5-7-12/h8-12H,5-7H2,1-4H3,(H,19,24)(H,21,25)/t11-/m1/s1. The molecule has 1 aliphatic rings. The van der Waals surface area contributed by atoms with Crippen molar-refractivity contribution in [2.24, 2.45) is 13.0 Å². The van der Waals surface area contributed by atoms with E-state index in [1.807, 2.05) is 13.0 Å². The van der Waals surface area contributed by atoms with Crippen molar-refractivity contribution in [1.29, 1.82) is 0 Å². The summed E-state index contributed by atoms with van der Waals surface area (Å²) in [5.41, 5.74) is 1.27. The summed E-state index contributed by atoms with van der Waals surface area (Å²) in [6.07, 6.45) is 3.06. The minimum absolute atomic E-state index is 0.0843. The number of aryl methyl sites for hydroxylation is 1. The Hall–Kier alpha value is -2.22. The molecule has 1 aliphatic carbocycles. The van der Waals surface area contributed by atoms with Gasteiger partial charge >= 0.3 is 0 Å². The molecule has 0 unspecified atom stereocenters. The summed E-state index contributed by atoms with van der Waals surface area (Å²) < 4.78 is 1.65. The summed E-state index contributed by atoms with van der Waals surface area (Å²) in [6, 6.07) is 1.68. The van der Waals surface area contributed by atoms with E-state index in [0.717, 1.165) is 30.0 Å². The average Bonchev–Trinajstić information content (AvgIpc) is 3.13. The van der Waals surface area contributed by atoms with Crippen molar-refractivity contribution in [2.75, 3.05) is 5.32 Å². The van der Waals surface area contributed by atoms with Crippen LogP contribution in [-0.4, -0.2) is 26.6 Å². The Morgan fingerprint density at radius 2 is 2.04 bits per heavy atom. The zero-order valence-corrected chi connectivity index (χ0v) is 16.4. The molecule has 0 bridgehead atoms. The number of thiazole rings is 1. The quantitative estimate of drug-likeness (QED) is 0.811. The minimum Gasteiger partial charge on any atom is -0.347 e. The van der Waals surface area contributed by atoms with Crippen LogP contribution in [0.1, 0.15) is 73.2 Å². The van der Waals surface area contributed by atoms with Crippen LogP contribution in [0.4, 0.5) is 5.82 Å². The lowest BCUT2D eigenvalue weighted by atomic mass is 9.84. The highest BCUT2D eigenvalue weighted by Crippen LogP contribution is 2.28. The normalized spacial score (nSPS) is 15.6. The van der Waals surface area contributed by atoms with Crippen LogP contribution in [0.2, 0.25) is 0 Å². The van der Waals surface area contributed by atoms with Crippen molar-refractivity contribution in [3.63, 3.8) is 0 Å². The Bertz CT molecular complexity index is 806. The van der Waals surface area contributed by atoms with Crippen molar-refractivity contribution in [1.82, 2.24) is 20.1 Å². The van der Waals surface area contributed by atoms with E-state index >= 15 is 0 Å². The largest absolute Gasteiger partial charge is 0.347 e. The molecular weight excluding hydrogens is 350 g/mol. The third-order valence-electron chi connectivity index (χ3n) is 4.69. The summed E-state index contributed by atoms with van der Waals surface area (Å²) in [5.74, 6) is 0.877. The number of rotatable bonds is 6. The molecule has 0 aromatic carbocycles. The molecule has 2 amide bonds. The number of aromatic nitrogens is 3. The van der Waals surface area contributed by atoms with E-state index in [1.165, 1.54) is 11.3 Å². The van der Waals surface area contributed by atoms with Gasteiger partial charge in [-0.25, -0.2) is 4.98 Å². The smallest absolute Gasteiger partial charge is 0.276 e. The summed E-state index contributed by atoms with van der Waals surface area (Å²) >= 11 is 1.38. The maximum Gasteiger partial charge on any atom is 0.276 e. The molecule has 1 fully saturated rings. The molecule has 0 aliphatic heterocycles. The van der Waals surface area contributed by atoms with Crippen molar-refractivity contribution in [3.05, 3.63) is 27.8 Å². The van der Waals surface area contributed by atoms with Crippen LogP contribution in [0.3, 0.4) is 0 Å². The van der Waals surface area contributed by atoms with Crippen molar-refractivity contribution < 1.29 is 9.59 Å². The fraction of sp³-hybridized carbons (Fsp3) is 0.556. The van der Waals surface area contributed by atoms with Gasteiger partial charge in [-0.3, -0.25) is 14.3 Å². The van der Waals surface area contributed by atoms with Crippen molar-refractivity contribution >= 4 is 29.0 Å². The Morgan fingerprint density at radius 3 is 2.62 bits per heavy atom. The van der Waals surface area contributed by atoms with Crippen LogP contribution >= 0.6 is 11.3 Å². The molecule has 2 aromatic heterocycles. The molecule has 3 rings (SSSR count). The van der Waals surface area contributed by atoms with E-state index in [9.17, 15) is 9.59 Å². The Balaban J connectivity index is 1.63. The summed E-state index contributed by atoms with van der Waals surface area (Å²) in [6.45, 7) is 6.01. The second-order valence-electron chi connectivity index (χ2n) is 7.12. The van der Waals surface area contributed by atoms with E-state index in [-0.39, 0.29) is 29.7 Å². The highest BCUT2D eigenvalue weighted by Gasteiger charge is 2.27. The molecule has 1 saturated carbocycles. The Morgan fingerprint density at radius 1 is 1.31 bits per heavy atom. The first kappa shape index (κ1) is 18.6. The highest BCUT2D eigenvalue weighted by molar-refractivity contribution is 7.09. The minimum atomic E-state index is -0.275. The first-order valence-electron chi connectivity index (χ1n) is 8.96. The lowest BCUT2D eigenvalue weighted by molar-refractivity contribution is -0.128. The predicted molar refractivity (Wildman–Crippen MR) is 101 cm³/mol. The van der Waals surface area contributed by atoms with Gasteiger partial charge in [-0.2, -0.15) is 5.10 Å². The number of carbonyl (C=O) groups is 2. The molecule has 2 aromatic rings. The topological polar surface area (TPSA) is 88.9 Å². The van der Waals surface area contributed by atoms with E-state index in [4.69, 9.17) is 0 Å². The van der Waals surface area contributed by atoms with Crippen LogP contribution in [0.15, 0.2) is 11.4 Å². The number of amides is 2. The van der Waals surface area contributed by atoms with Crippen LogP contribution in [0, 0.1) is 5.92 Å². The molecule has 2 heterocycles. The van der Waals surface area contributed by atoms with Gasteiger partial charge in [0, 0.05) is 24.4 Å². The third-order valence-corrected chi connectivity index (χ3v) is 5.72. The van der Waals surface area contributed by atoms with Crippen LogP contribution < -0.4 is 10.6 Å². The Labute approximate surface area is 157 Å². The number of nitrogens with one attached hydrogen (secondary N) is 2. The van der Waals surface area contributed by atoms with Gasteiger partial charge in [0.1, 0.15) is 16.5 Å². The fourth-order valence-corrected chi connectivity index (χ4v) is 3.53. The van der Waals surface area contributed by atoms with Gasteiger partial charge in [0.15, 0.2) is 0 Å². The summed E-state index contributed by atoms with van der Waals surface area (Å²) in [5, 5.41) is 12.7. The average molecular weight is 375 g/mol. The molecule has 1 atom stereocenters. The van der Waals surface area contributed by atoms with Crippen molar-refractivity contribution in [3.8, 4) is 0 Å². The van der Waals surface area contributed by atoms with Gasteiger partial charge in [-0.05, 0) is 25.7 Å². The van der Waals surface area contributed by atoms with E-state index in [1.54, 1.807) is 17.1 Å². The predicted octanol–water partition coefficient (Wildman–Crippen LogP) is 3.23. The fourth-order valence-electron chi connectivity index (χ4n) is 2.72. The second-order valence-corrected chi connectivity index (χ2v) is 8.01. The van der Waals surface area contributed by atoms with Gasteiger partial charge in [-0.1, -0.05) is 20.3 Å². The maximum atomic E-state index is 12.5. The second kappa shape index (κ2) is 7.57. The first-order chi connectivity index (χ1) is 12.3. The molecule has 26 heavy (non-hydrogen) atoms. The molecule has 0 radical (unpaired) electrons. The third kappa shape index (κ3) is 3.95. The van der Waals surface area contributed by atoms with Gasteiger partial charge in [0.2, 0.25) is 5.91 Å². The molecule has 140 valence electrons. The highest BCUT2D eigenvalue weighted by atomic mass is 32.1. The molecule has 2 N–H and O–H groups in total. The molecule has 0 saturated heterocycles. The Kier molecular flexibility index (Phi) is 5.41. The van der Waals surface area contributed by atoms with Crippen LogP contribution in [-0.2, 0) is 11.8 Å². The van der Waals surface area contributed by atoms with E-state index < -0.39 is 0 Å². The van der Waals surface area contributed by atoms with Gasteiger partial charge in [-0.15, -0.1) is 11.3 Å². The van der Waals surface area contributed by atoms with Crippen molar-refractivity contribution in [2.45, 2.75) is 52.0 Å². The van der Waals surface area contributed by atoms with Gasteiger partial charge < -0.3 is 10.6 Å². The molecular formula is C18H25N5O2S. The van der Waals surface area contributed by atoms with E-state index in [2.05, 4.69) is 34.6 Å². The van der Waals surface area contributed by atoms with Gasteiger partial charge in [0.25, 0.3) is 5.91 Å². The molecule has 0 spiro atoms. The number of hydrogen-bond acceptors (Lipinski definition) is 5. The SMILES string of the molecule is CC(C)c1cc(NC(=O)c2csc([C@@H](C)NC(=O)C3CCC3)n2)n(C)n1. The number of anilines is 1. The van der Waals surface area contributed by atoms with Crippen LogP contribution in [0.5, 0.6) is 0 Å². The molecule has 8 heteroatoms. The zero-order valence-electron chi connectivity index (χ0n) is 15.6. The van der Waals surface area contributed by atoms with E-state index in [0.29, 0.717) is 11.5 Å². The van der Waals surface area contributed by atoms with Crippen LogP contribution in [0.25, 0.3) is 0 Å². The summed E-state index contributed by atoms with van der Waals surface area (Å²) in [4.78, 5) is 28.9. The number of hydrogen-bond donors (Lipinski definition) is 2.